The van der Waals surface area contributed by atoms with E-state index >= 15 is 0 Å². The summed E-state index contributed by atoms with van der Waals surface area (Å²) in [5.41, 5.74) is 9.92. The zero-order valence-electron chi connectivity index (χ0n) is 16.9. The Morgan fingerprint density at radius 3 is 2.74 bits per heavy atom. The van der Waals surface area contributed by atoms with E-state index < -0.39 is 11.9 Å². The second-order valence-electron chi connectivity index (χ2n) is 7.60. The van der Waals surface area contributed by atoms with Gasteiger partial charge >= 0.3 is 5.97 Å². The number of carboxylic acids is 1. The van der Waals surface area contributed by atoms with Crippen LogP contribution in [-0.4, -0.2) is 33.0 Å². The minimum absolute atomic E-state index is 0.0591. The van der Waals surface area contributed by atoms with E-state index in [1.165, 1.54) is 6.07 Å². The Labute approximate surface area is 184 Å². The third-order valence-electron chi connectivity index (χ3n) is 5.55. The summed E-state index contributed by atoms with van der Waals surface area (Å²) in [4.78, 5) is 32.5. The lowest BCUT2D eigenvalue weighted by Crippen LogP contribution is -2.31. The van der Waals surface area contributed by atoms with Crippen molar-refractivity contribution in [1.82, 2.24) is 9.97 Å². The van der Waals surface area contributed by atoms with Crippen LogP contribution < -0.4 is 11.1 Å². The second kappa shape index (κ2) is 8.35. The molecule has 1 aliphatic rings. The van der Waals surface area contributed by atoms with Crippen LogP contribution in [0.2, 0.25) is 5.02 Å². The highest BCUT2D eigenvalue weighted by Gasteiger charge is 2.27. The zero-order valence-corrected chi connectivity index (χ0v) is 17.6. The molecule has 3 aromatic rings. The predicted molar refractivity (Wildman–Crippen MR) is 119 cm³/mol. The van der Waals surface area contributed by atoms with E-state index in [-0.39, 0.29) is 17.2 Å². The number of carboxylic acid groups (broad SMARTS) is 1. The summed E-state index contributed by atoms with van der Waals surface area (Å²) in [6.07, 6.45) is 3.64. The first kappa shape index (κ1) is 20.8. The fourth-order valence-electron chi connectivity index (χ4n) is 4.09. The summed E-state index contributed by atoms with van der Waals surface area (Å²) in [6.45, 7) is 1.97. The van der Waals surface area contributed by atoms with Crippen molar-refractivity contribution in [2.24, 2.45) is 5.73 Å². The Kier molecular flexibility index (Phi) is 5.61. The number of hydrogen-bond acceptors (Lipinski definition) is 5. The third kappa shape index (κ3) is 4.22. The maximum absolute atomic E-state index is 12.0. The van der Waals surface area contributed by atoms with Crippen LogP contribution in [-0.2, 0) is 12.8 Å². The molecule has 158 valence electrons. The molecule has 2 aromatic carbocycles. The maximum atomic E-state index is 12.0. The van der Waals surface area contributed by atoms with Crippen LogP contribution in [0.5, 0.6) is 0 Å². The molecule has 0 saturated carbocycles. The van der Waals surface area contributed by atoms with Gasteiger partial charge in [-0.2, -0.15) is 0 Å². The van der Waals surface area contributed by atoms with Crippen molar-refractivity contribution in [2.45, 2.75) is 32.2 Å². The summed E-state index contributed by atoms with van der Waals surface area (Å²) < 4.78 is 0. The topological polar surface area (TPSA) is 118 Å². The Bertz CT molecular complexity index is 1200. The van der Waals surface area contributed by atoms with E-state index in [2.05, 4.69) is 15.3 Å². The molecule has 1 amide bonds. The molecule has 1 atom stereocenters. The molecule has 0 radical (unpaired) electrons. The number of aromatic carboxylic acids is 1. The number of aromatic nitrogens is 2. The quantitative estimate of drug-likeness (QED) is 0.558. The first-order chi connectivity index (χ1) is 14.8. The Morgan fingerprint density at radius 1 is 1.23 bits per heavy atom. The number of carbonyl (C=O) groups is 2. The van der Waals surface area contributed by atoms with E-state index in [9.17, 15) is 14.7 Å². The van der Waals surface area contributed by atoms with Gasteiger partial charge < -0.3 is 16.2 Å². The largest absolute Gasteiger partial charge is 0.478 e. The number of fused-ring (bicyclic) bond motifs is 1. The average Bonchev–Trinajstić information content (AvgIpc) is 2.72. The van der Waals surface area contributed by atoms with E-state index in [4.69, 9.17) is 17.3 Å². The Morgan fingerprint density at radius 2 is 2.03 bits per heavy atom. The van der Waals surface area contributed by atoms with Crippen LogP contribution in [0.3, 0.4) is 0 Å². The van der Waals surface area contributed by atoms with Crippen LogP contribution in [0.25, 0.3) is 11.3 Å². The number of nitrogens with one attached hydrogen (secondary N) is 1. The van der Waals surface area contributed by atoms with Gasteiger partial charge in [-0.15, -0.1) is 0 Å². The highest BCUT2D eigenvalue weighted by Crippen LogP contribution is 2.29. The van der Waals surface area contributed by atoms with E-state index in [0.29, 0.717) is 29.4 Å². The van der Waals surface area contributed by atoms with Gasteiger partial charge in [0.1, 0.15) is 0 Å². The monoisotopic (exact) mass is 436 g/mol. The number of hydrogen-bond donors (Lipinski definition) is 3. The molecule has 0 aliphatic heterocycles. The fraction of sp³-hybridized carbons (Fsp3) is 0.217. The van der Waals surface area contributed by atoms with Crippen LogP contribution in [0.1, 0.15) is 43.8 Å². The normalized spacial score (nSPS) is 15.2. The highest BCUT2D eigenvalue weighted by molar-refractivity contribution is 6.30. The summed E-state index contributed by atoms with van der Waals surface area (Å²) in [5, 5.41) is 13.4. The minimum atomic E-state index is -1.17. The summed E-state index contributed by atoms with van der Waals surface area (Å²) in [5.74, 6) is -1.43. The number of aryl methyl sites for hydroxylation is 2. The van der Waals surface area contributed by atoms with Gasteiger partial charge in [-0.25, -0.2) is 14.8 Å². The molecule has 4 N–H and O–H groups in total. The molecule has 1 unspecified atom stereocenters. The first-order valence-electron chi connectivity index (χ1n) is 9.87. The number of halogens is 1. The van der Waals surface area contributed by atoms with Crippen LogP contribution >= 0.6 is 11.6 Å². The summed E-state index contributed by atoms with van der Waals surface area (Å²) >= 11 is 6.06. The molecule has 0 bridgehead atoms. The smallest absolute Gasteiger partial charge is 0.336 e. The van der Waals surface area contributed by atoms with Gasteiger partial charge in [-0.05, 0) is 67.1 Å². The van der Waals surface area contributed by atoms with Gasteiger partial charge in [0.2, 0.25) is 11.9 Å². The molecule has 1 heterocycles. The number of rotatable bonds is 5. The Hall–Kier alpha value is -3.45. The van der Waals surface area contributed by atoms with Gasteiger partial charge in [-0.3, -0.25) is 4.79 Å². The number of nitrogens with two attached hydrogens (primary N) is 1. The molecule has 0 saturated heterocycles. The number of nitrogens with zero attached hydrogens (tertiary/aromatic N) is 2. The lowest BCUT2D eigenvalue weighted by atomic mass is 9.83. The zero-order chi connectivity index (χ0) is 22.1. The lowest BCUT2D eigenvalue weighted by molar-refractivity contribution is 0.0691. The maximum Gasteiger partial charge on any atom is 0.336 e. The van der Waals surface area contributed by atoms with Crippen molar-refractivity contribution in [3.8, 4) is 11.3 Å². The average molecular weight is 437 g/mol. The van der Waals surface area contributed by atoms with Crippen molar-refractivity contribution in [3.05, 3.63) is 75.4 Å². The van der Waals surface area contributed by atoms with Gasteiger partial charge in [0.25, 0.3) is 0 Å². The standard InChI is InChI=1S/C23H21ClN4O3/c1-12-10-14(24)4-7-16(12)19-8-9-26-23(28-19)27-15-5-2-13-3-6-17(22(30)31)20(21(25)29)18(13)11-15/h3-4,6-10,15H,2,5,11H2,1H3,(H2,25,29)(H,30,31)(H,26,27,28). The molecular formula is C23H21ClN4O3. The minimum Gasteiger partial charge on any atom is -0.478 e. The van der Waals surface area contributed by atoms with E-state index in [0.717, 1.165) is 28.8 Å². The van der Waals surface area contributed by atoms with Crippen molar-refractivity contribution in [2.75, 3.05) is 5.32 Å². The van der Waals surface area contributed by atoms with Gasteiger partial charge in [-0.1, -0.05) is 23.7 Å². The Balaban J connectivity index is 1.61. The van der Waals surface area contributed by atoms with Crippen LogP contribution in [0, 0.1) is 6.92 Å². The van der Waals surface area contributed by atoms with Crippen LogP contribution in [0.4, 0.5) is 5.95 Å². The van der Waals surface area contributed by atoms with Crippen molar-refractivity contribution in [1.29, 1.82) is 0 Å². The van der Waals surface area contributed by atoms with Gasteiger partial charge in [0.15, 0.2) is 0 Å². The fourth-order valence-corrected chi connectivity index (χ4v) is 4.32. The number of carbonyl (C=O) groups excluding carboxylic acids is 1. The lowest BCUT2D eigenvalue weighted by Gasteiger charge is -2.27. The molecule has 8 heteroatoms. The molecule has 7 nitrogen and oxygen atoms in total. The first-order valence-corrected chi connectivity index (χ1v) is 10.2. The van der Waals surface area contributed by atoms with Gasteiger partial charge in [0.05, 0.1) is 16.8 Å². The van der Waals surface area contributed by atoms with Crippen molar-refractivity contribution >= 4 is 29.4 Å². The molecule has 31 heavy (non-hydrogen) atoms. The third-order valence-corrected chi connectivity index (χ3v) is 5.79. The summed E-state index contributed by atoms with van der Waals surface area (Å²) in [7, 11) is 0. The molecule has 0 fully saturated rings. The molecule has 1 aromatic heterocycles. The molecule has 4 rings (SSSR count). The second-order valence-corrected chi connectivity index (χ2v) is 8.04. The molecular weight excluding hydrogens is 416 g/mol. The number of benzene rings is 2. The van der Waals surface area contributed by atoms with E-state index in [1.54, 1.807) is 12.3 Å². The molecule has 1 aliphatic carbocycles. The predicted octanol–water partition coefficient (Wildman–Crippen LogP) is 3.87. The number of primary amides is 1. The summed E-state index contributed by atoms with van der Waals surface area (Å²) in [6, 6.07) is 10.6. The van der Waals surface area contributed by atoms with Gasteiger partial charge in [0, 0.05) is 22.8 Å². The number of anilines is 1. The van der Waals surface area contributed by atoms with Crippen molar-refractivity contribution in [3.63, 3.8) is 0 Å². The van der Waals surface area contributed by atoms with Crippen LogP contribution in [0.15, 0.2) is 42.6 Å². The molecule has 0 spiro atoms. The number of amides is 1. The van der Waals surface area contributed by atoms with E-state index in [1.807, 2.05) is 31.2 Å². The van der Waals surface area contributed by atoms with Crippen molar-refractivity contribution < 1.29 is 14.7 Å². The SMILES string of the molecule is Cc1cc(Cl)ccc1-c1ccnc(NC2CCc3ccc(C(=O)O)c(C(N)=O)c3C2)n1. The highest BCUT2D eigenvalue weighted by atomic mass is 35.5.